The Morgan fingerprint density at radius 2 is 1.60 bits per heavy atom. The van der Waals surface area contributed by atoms with E-state index >= 15 is 0 Å². The lowest BCUT2D eigenvalue weighted by Crippen LogP contribution is -2.47. The highest BCUT2D eigenvalue weighted by molar-refractivity contribution is 7.92. The molecule has 1 N–H and O–H groups in total. The van der Waals surface area contributed by atoms with Crippen LogP contribution in [0.3, 0.4) is 0 Å². The minimum atomic E-state index is -3.42. The van der Waals surface area contributed by atoms with Gasteiger partial charge in [-0.1, -0.05) is 6.07 Å². The highest BCUT2D eigenvalue weighted by atomic mass is 32.2. The first kappa shape index (κ1) is 21.8. The van der Waals surface area contributed by atoms with E-state index in [0.29, 0.717) is 35.6 Å². The van der Waals surface area contributed by atoms with E-state index in [-0.39, 0.29) is 11.8 Å². The van der Waals surface area contributed by atoms with Crippen LogP contribution in [-0.4, -0.2) is 76.6 Å². The lowest BCUT2D eigenvalue weighted by Gasteiger charge is -2.32. The zero-order valence-corrected chi connectivity index (χ0v) is 18.1. The number of carbonyl (C=O) groups excluding carboxylic acids is 2. The normalized spacial score (nSPS) is 15.0. The summed E-state index contributed by atoms with van der Waals surface area (Å²) in [4.78, 5) is 29.2. The predicted octanol–water partition coefficient (Wildman–Crippen LogP) is 1.72. The van der Waals surface area contributed by atoms with Crippen LogP contribution in [0.5, 0.6) is 0 Å². The summed E-state index contributed by atoms with van der Waals surface area (Å²) in [6.45, 7) is 3.11. The molecular weight excluding hydrogens is 404 g/mol. The average Bonchev–Trinajstić information content (AvgIpc) is 2.73. The number of sulfonamides is 1. The largest absolute Gasteiger partial charge is 0.336 e. The zero-order chi connectivity index (χ0) is 21.9. The molecule has 2 amide bonds. The maximum atomic E-state index is 12.6. The first-order valence-corrected chi connectivity index (χ1v) is 11.4. The second-order valence-electron chi connectivity index (χ2n) is 7.41. The molecule has 0 saturated carbocycles. The number of carbonyl (C=O) groups is 2. The molecule has 1 aliphatic heterocycles. The van der Waals surface area contributed by atoms with Crippen molar-refractivity contribution >= 4 is 33.2 Å². The minimum Gasteiger partial charge on any atom is -0.336 e. The van der Waals surface area contributed by atoms with Gasteiger partial charge in [0.2, 0.25) is 10.0 Å². The third-order valence-corrected chi connectivity index (χ3v) is 6.36. The Morgan fingerprint density at radius 3 is 2.20 bits per heavy atom. The monoisotopic (exact) mass is 430 g/mol. The number of benzene rings is 2. The third-order valence-electron chi connectivity index (χ3n) is 5.15. The number of amides is 2. The summed E-state index contributed by atoms with van der Waals surface area (Å²) in [5.41, 5.74) is 1.87. The molecule has 0 unspecified atom stereocenters. The number of piperazine rings is 1. The van der Waals surface area contributed by atoms with Crippen LogP contribution >= 0.6 is 0 Å². The van der Waals surface area contributed by atoms with Gasteiger partial charge in [0, 0.05) is 50.0 Å². The Morgan fingerprint density at radius 1 is 0.967 bits per heavy atom. The van der Waals surface area contributed by atoms with E-state index in [4.69, 9.17) is 0 Å². The van der Waals surface area contributed by atoms with Gasteiger partial charge in [-0.25, -0.2) is 8.42 Å². The van der Waals surface area contributed by atoms with Crippen LogP contribution in [-0.2, 0) is 10.0 Å². The van der Waals surface area contributed by atoms with Crippen LogP contribution in [0.4, 0.5) is 11.4 Å². The standard InChI is InChI=1S/C21H26N4O4S/c1-23-11-13-25(14-12-23)21(27)16-7-9-18(10-8-16)22-20(26)17-5-4-6-19(15-17)24(2)30(3,28)29/h4-10,15H,11-14H2,1-3H3,(H,22,26). The molecular formula is C21H26N4O4S. The number of hydrogen-bond acceptors (Lipinski definition) is 5. The van der Waals surface area contributed by atoms with E-state index in [9.17, 15) is 18.0 Å². The molecule has 0 bridgehead atoms. The summed E-state index contributed by atoms with van der Waals surface area (Å²) >= 11 is 0. The van der Waals surface area contributed by atoms with Crippen LogP contribution in [0, 0.1) is 0 Å². The molecule has 1 fully saturated rings. The number of hydrogen-bond donors (Lipinski definition) is 1. The Hall–Kier alpha value is -2.91. The summed E-state index contributed by atoms with van der Waals surface area (Å²) in [7, 11) is 0.0493. The number of rotatable bonds is 5. The molecule has 0 aliphatic carbocycles. The molecule has 0 aromatic heterocycles. The van der Waals surface area contributed by atoms with Gasteiger partial charge in [-0.2, -0.15) is 0 Å². The zero-order valence-electron chi connectivity index (χ0n) is 17.3. The number of anilines is 2. The van der Waals surface area contributed by atoms with Gasteiger partial charge in [-0.15, -0.1) is 0 Å². The van der Waals surface area contributed by atoms with Crippen molar-refractivity contribution in [3.63, 3.8) is 0 Å². The van der Waals surface area contributed by atoms with Gasteiger partial charge in [0.05, 0.1) is 11.9 Å². The van der Waals surface area contributed by atoms with E-state index in [1.165, 1.54) is 13.1 Å². The van der Waals surface area contributed by atoms with E-state index < -0.39 is 10.0 Å². The smallest absolute Gasteiger partial charge is 0.255 e. The number of nitrogens with one attached hydrogen (secondary N) is 1. The van der Waals surface area contributed by atoms with Crippen molar-refractivity contribution < 1.29 is 18.0 Å². The van der Waals surface area contributed by atoms with Crippen LogP contribution in [0.2, 0.25) is 0 Å². The Labute approximate surface area is 177 Å². The van der Waals surface area contributed by atoms with E-state index in [1.807, 2.05) is 11.9 Å². The molecule has 0 spiro atoms. The molecule has 3 rings (SSSR count). The van der Waals surface area contributed by atoms with Crippen molar-refractivity contribution in [1.29, 1.82) is 0 Å². The van der Waals surface area contributed by atoms with Crippen molar-refractivity contribution in [1.82, 2.24) is 9.80 Å². The molecule has 30 heavy (non-hydrogen) atoms. The second kappa shape index (κ2) is 8.85. The molecule has 1 aliphatic rings. The summed E-state index contributed by atoms with van der Waals surface area (Å²) in [5.74, 6) is -0.380. The average molecular weight is 431 g/mol. The number of likely N-dealkylation sites (N-methyl/N-ethyl adjacent to an activating group) is 1. The molecule has 1 heterocycles. The SMILES string of the molecule is CN1CCN(C(=O)c2ccc(NC(=O)c3cccc(N(C)S(C)(=O)=O)c3)cc2)CC1. The molecule has 9 heteroatoms. The molecule has 1 saturated heterocycles. The van der Waals surface area contributed by atoms with Crippen LogP contribution < -0.4 is 9.62 Å². The Bertz CT molecular complexity index is 1030. The summed E-state index contributed by atoms with van der Waals surface area (Å²) in [6, 6.07) is 13.2. The molecule has 8 nitrogen and oxygen atoms in total. The predicted molar refractivity (Wildman–Crippen MR) is 117 cm³/mol. The van der Waals surface area contributed by atoms with Crippen molar-refractivity contribution in [3.8, 4) is 0 Å². The summed E-state index contributed by atoms with van der Waals surface area (Å²) in [5, 5.41) is 2.78. The fraction of sp³-hybridized carbons (Fsp3) is 0.333. The fourth-order valence-electron chi connectivity index (χ4n) is 3.13. The van der Waals surface area contributed by atoms with E-state index in [0.717, 1.165) is 23.7 Å². The summed E-state index contributed by atoms with van der Waals surface area (Å²) in [6.07, 6.45) is 1.10. The highest BCUT2D eigenvalue weighted by Crippen LogP contribution is 2.19. The quantitative estimate of drug-likeness (QED) is 0.780. The fourth-order valence-corrected chi connectivity index (χ4v) is 3.62. The molecule has 0 atom stereocenters. The van der Waals surface area contributed by atoms with Crippen LogP contribution in [0.1, 0.15) is 20.7 Å². The van der Waals surface area contributed by atoms with Gasteiger partial charge in [0.15, 0.2) is 0 Å². The Balaban J connectivity index is 1.67. The summed E-state index contributed by atoms with van der Waals surface area (Å²) < 4.78 is 24.5. The lowest BCUT2D eigenvalue weighted by molar-refractivity contribution is 0.0664. The van der Waals surface area contributed by atoms with Crippen molar-refractivity contribution in [2.45, 2.75) is 0 Å². The molecule has 2 aromatic carbocycles. The highest BCUT2D eigenvalue weighted by Gasteiger charge is 2.20. The minimum absolute atomic E-state index is 0.0162. The first-order chi connectivity index (χ1) is 14.1. The van der Waals surface area contributed by atoms with Crippen LogP contribution in [0.25, 0.3) is 0 Å². The van der Waals surface area contributed by atoms with Gasteiger partial charge in [0.25, 0.3) is 11.8 Å². The lowest BCUT2D eigenvalue weighted by atomic mass is 10.1. The van der Waals surface area contributed by atoms with Crippen molar-refractivity contribution in [3.05, 3.63) is 59.7 Å². The van der Waals surface area contributed by atoms with Gasteiger partial charge < -0.3 is 15.1 Å². The third kappa shape index (κ3) is 5.17. The van der Waals surface area contributed by atoms with Gasteiger partial charge >= 0.3 is 0 Å². The van der Waals surface area contributed by atoms with E-state index in [2.05, 4.69) is 10.2 Å². The van der Waals surface area contributed by atoms with Gasteiger partial charge in [-0.3, -0.25) is 13.9 Å². The first-order valence-electron chi connectivity index (χ1n) is 9.58. The number of nitrogens with zero attached hydrogens (tertiary/aromatic N) is 3. The van der Waals surface area contributed by atoms with Crippen LogP contribution in [0.15, 0.2) is 48.5 Å². The van der Waals surface area contributed by atoms with Crippen molar-refractivity contribution in [2.24, 2.45) is 0 Å². The van der Waals surface area contributed by atoms with Crippen molar-refractivity contribution in [2.75, 3.05) is 56.2 Å². The molecule has 160 valence electrons. The maximum Gasteiger partial charge on any atom is 0.255 e. The Kier molecular flexibility index (Phi) is 6.42. The topological polar surface area (TPSA) is 90.0 Å². The van der Waals surface area contributed by atoms with Gasteiger partial charge in [0.1, 0.15) is 0 Å². The maximum absolute atomic E-state index is 12.6. The van der Waals surface area contributed by atoms with Gasteiger partial charge in [-0.05, 0) is 49.5 Å². The second-order valence-corrected chi connectivity index (χ2v) is 9.42. The molecule has 2 aromatic rings. The van der Waals surface area contributed by atoms with E-state index in [1.54, 1.807) is 42.5 Å². The molecule has 0 radical (unpaired) electrons.